The van der Waals surface area contributed by atoms with Gasteiger partial charge in [-0.3, -0.25) is 4.79 Å². The van der Waals surface area contributed by atoms with Crippen molar-refractivity contribution < 1.29 is 4.79 Å². The lowest BCUT2D eigenvalue weighted by Crippen LogP contribution is -2.39. The molecule has 20 heavy (non-hydrogen) atoms. The molecule has 1 amide bonds. The first-order chi connectivity index (χ1) is 9.56. The highest BCUT2D eigenvalue weighted by molar-refractivity contribution is 5.78. The van der Waals surface area contributed by atoms with Crippen LogP contribution < -0.4 is 10.6 Å². The minimum absolute atomic E-state index is 0.0722. The first kappa shape index (κ1) is 16.7. The van der Waals surface area contributed by atoms with E-state index in [0.29, 0.717) is 6.54 Å². The highest BCUT2D eigenvalue weighted by Gasteiger charge is 2.09. The van der Waals surface area contributed by atoms with Gasteiger partial charge < -0.3 is 10.6 Å². The summed E-state index contributed by atoms with van der Waals surface area (Å²) in [6.45, 7) is 8.78. The van der Waals surface area contributed by atoms with Crippen molar-refractivity contribution in [3.8, 4) is 0 Å². The van der Waals surface area contributed by atoms with Gasteiger partial charge in [0.2, 0.25) is 5.91 Å². The monoisotopic (exact) mass is 276 g/mol. The molecule has 0 radical (unpaired) electrons. The minimum atomic E-state index is 0.0722. The van der Waals surface area contributed by atoms with Gasteiger partial charge in [-0.15, -0.1) is 0 Å². The topological polar surface area (TPSA) is 41.1 Å². The van der Waals surface area contributed by atoms with Crippen LogP contribution in [0, 0.1) is 0 Å². The second-order valence-electron chi connectivity index (χ2n) is 5.45. The highest BCUT2D eigenvalue weighted by atomic mass is 16.1. The summed E-state index contributed by atoms with van der Waals surface area (Å²) in [6, 6.07) is 9.01. The number of amides is 1. The Bertz CT molecular complexity index is 400. The molecule has 1 aromatic carbocycles. The van der Waals surface area contributed by atoms with Crippen molar-refractivity contribution in [2.24, 2.45) is 0 Å². The Morgan fingerprint density at radius 1 is 1.15 bits per heavy atom. The van der Waals surface area contributed by atoms with E-state index in [0.717, 1.165) is 19.3 Å². The van der Waals surface area contributed by atoms with Crippen LogP contribution in [0.1, 0.15) is 57.7 Å². The molecular weight excluding hydrogens is 248 g/mol. The fourth-order valence-corrected chi connectivity index (χ4v) is 2.24. The van der Waals surface area contributed by atoms with E-state index >= 15 is 0 Å². The van der Waals surface area contributed by atoms with Crippen LogP contribution in [0.3, 0.4) is 0 Å². The number of carbonyl (C=O) groups is 1. The first-order valence-electron chi connectivity index (χ1n) is 7.68. The van der Waals surface area contributed by atoms with Gasteiger partial charge in [0.1, 0.15) is 0 Å². The van der Waals surface area contributed by atoms with Crippen LogP contribution in [-0.2, 0) is 11.2 Å². The van der Waals surface area contributed by atoms with E-state index in [1.807, 2.05) is 6.92 Å². The lowest BCUT2D eigenvalue weighted by Gasteiger charge is -2.17. The quantitative estimate of drug-likeness (QED) is 0.765. The second kappa shape index (κ2) is 8.75. The van der Waals surface area contributed by atoms with Crippen LogP contribution in [-0.4, -0.2) is 18.5 Å². The summed E-state index contributed by atoms with van der Waals surface area (Å²) < 4.78 is 0. The Balaban J connectivity index is 2.38. The van der Waals surface area contributed by atoms with Crippen LogP contribution in [0.25, 0.3) is 0 Å². The van der Waals surface area contributed by atoms with Gasteiger partial charge in [0.05, 0.1) is 6.54 Å². The van der Waals surface area contributed by atoms with Gasteiger partial charge in [0.25, 0.3) is 0 Å². The number of rotatable bonds is 8. The smallest absolute Gasteiger partial charge is 0.234 e. The average Bonchev–Trinajstić information content (AvgIpc) is 2.45. The minimum Gasteiger partial charge on any atom is -0.353 e. The van der Waals surface area contributed by atoms with Gasteiger partial charge in [-0.25, -0.2) is 0 Å². The lowest BCUT2D eigenvalue weighted by atomic mass is 10.1. The third kappa shape index (κ3) is 5.74. The zero-order chi connectivity index (χ0) is 15.0. The number of benzene rings is 1. The Kier molecular flexibility index (Phi) is 7.31. The van der Waals surface area contributed by atoms with Crippen molar-refractivity contribution >= 4 is 5.91 Å². The largest absolute Gasteiger partial charge is 0.353 e. The van der Waals surface area contributed by atoms with Crippen LogP contribution >= 0.6 is 0 Å². The highest BCUT2D eigenvalue weighted by Crippen LogP contribution is 2.13. The fourth-order valence-electron chi connectivity index (χ4n) is 2.24. The first-order valence-corrected chi connectivity index (χ1v) is 7.68. The van der Waals surface area contributed by atoms with E-state index in [2.05, 4.69) is 55.7 Å². The third-order valence-electron chi connectivity index (χ3n) is 3.59. The molecule has 0 fully saturated rings. The van der Waals surface area contributed by atoms with Gasteiger partial charge in [-0.2, -0.15) is 0 Å². The summed E-state index contributed by atoms with van der Waals surface area (Å²) in [5, 5.41) is 6.28. The SMILES string of the molecule is CCCC(C)NC(=O)CNC(C)c1ccc(CC)cc1. The Morgan fingerprint density at radius 2 is 1.80 bits per heavy atom. The summed E-state index contributed by atoms with van der Waals surface area (Å²) in [5.41, 5.74) is 2.56. The molecule has 0 saturated carbocycles. The van der Waals surface area contributed by atoms with Gasteiger partial charge >= 0.3 is 0 Å². The van der Waals surface area contributed by atoms with E-state index in [4.69, 9.17) is 0 Å². The molecule has 2 N–H and O–H groups in total. The van der Waals surface area contributed by atoms with E-state index in [1.165, 1.54) is 11.1 Å². The summed E-state index contributed by atoms with van der Waals surface area (Å²) >= 11 is 0. The van der Waals surface area contributed by atoms with Crippen LogP contribution in [0.4, 0.5) is 0 Å². The van der Waals surface area contributed by atoms with Gasteiger partial charge in [0, 0.05) is 12.1 Å². The number of nitrogens with one attached hydrogen (secondary N) is 2. The van der Waals surface area contributed by atoms with Crippen molar-refractivity contribution in [3.05, 3.63) is 35.4 Å². The summed E-state index contributed by atoms with van der Waals surface area (Å²) in [4.78, 5) is 11.8. The van der Waals surface area contributed by atoms with E-state index in [-0.39, 0.29) is 18.0 Å². The molecule has 0 aliphatic rings. The maximum atomic E-state index is 11.8. The molecule has 0 aromatic heterocycles. The zero-order valence-corrected chi connectivity index (χ0v) is 13.2. The molecule has 1 rings (SSSR count). The third-order valence-corrected chi connectivity index (χ3v) is 3.59. The Labute approximate surface area is 123 Å². The van der Waals surface area contributed by atoms with Crippen molar-refractivity contribution in [2.75, 3.05) is 6.54 Å². The molecule has 0 bridgehead atoms. The normalized spacial score (nSPS) is 13.8. The molecule has 2 atom stereocenters. The molecule has 0 spiro atoms. The number of hydrogen-bond acceptors (Lipinski definition) is 2. The Morgan fingerprint density at radius 3 is 2.35 bits per heavy atom. The van der Waals surface area contributed by atoms with E-state index in [9.17, 15) is 4.79 Å². The predicted molar refractivity (Wildman–Crippen MR) is 84.8 cm³/mol. The molecule has 3 heteroatoms. The molecule has 0 aliphatic carbocycles. The average molecular weight is 276 g/mol. The number of carbonyl (C=O) groups excluding carboxylic acids is 1. The van der Waals surface area contributed by atoms with Crippen molar-refractivity contribution in [3.63, 3.8) is 0 Å². The summed E-state index contributed by atoms with van der Waals surface area (Å²) in [6.07, 6.45) is 3.18. The second-order valence-corrected chi connectivity index (χ2v) is 5.45. The fraction of sp³-hybridized carbons (Fsp3) is 0.588. The van der Waals surface area contributed by atoms with Crippen molar-refractivity contribution in [2.45, 2.75) is 59.0 Å². The van der Waals surface area contributed by atoms with E-state index in [1.54, 1.807) is 0 Å². The maximum Gasteiger partial charge on any atom is 0.234 e. The van der Waals surface area contributed by atoms with Gasteiger partial charge in [-0.1, -0.05) is 44.5 Å². The predicted octanol–water partition coefficient (Wildman–Crippen LogP) is 3.20. The van der Waals surface area contributed by atoms with Gasteiger partial charge in [0.15, 0.2) is 0 Å². The van der Waals surface area contributed by atoms with E-state index < -0.39 is 0 Å². The molecule has 1 aromatic rings. The molecule has 0 saturated heterocycles. The number of aryl methyl sites for hydroxylation is 1. The summed E-state index contributed by atoms with van der Waals surface area (Å²) in [5.74, 6) is 0.0722. The standard InChI is InChI=1S/C17H28N2O/c1-5-7-13(3)19-17(20)12-18-14(4)16-10-8-15(6-2)9-11-16/h8-11,13-14,18H,5-7,12H2,1-4H3,(H,19,20). The number of hydrogen-bond donors (Lipinski definition) is 2. The van der Waals surface area contributed by atoms with Gasteiger partial charge in [-0.05, 0) is 37.8 Å². The maximum absolute atomic E-state index is 11.8. The summed E-state index contributed by atoms with van der Waals surface area (Å²) in [7, 11) is 0. The molecule has 2 unspecified atom stereocenters. The van der Waals surface area contributed by atoms with Crippen LogP contribution in [0.5, 0.6) is 0 Å². The molecule has 3 nitrogen and oxygen atoms in total. The van der Waals surface area contributed by atoms with Crippen molar-refractivity contribution in [1.82, 2.24) is 10.6 Å². The molecule has 112 valence electrons. The van der Waals surface area contributed by atoms with Crippen LogP contribution in [0.15, 0.2) is 24.3 Å². The Hall–Kier alpha value is -1.35. The molecular formula is C17H28N2O. The van der Waals surface area contributed by atoms with Crippen LogP contribution in [0.2, 0.25) is 0 Å². The molecule has 0 aliphatic heterocycles. The molecule has 0 heterocycles. The van der Waals surface area contributed by atoms with Crippen molar-refractivity contribution in [1.29, 1.82) is 0 Å². The zero-order valence-electron chi connectivity index (χ0n) is 13.2. The lowest BCUT2D eigenvalue weighted by molar-refractivity contribution is -0.121.